The maximum Gasteiger partial charge on any atom is 0.363 e. The highest BCUT2D eigenvalue weighted by Crippen LogP contribution is 2.65. The second kappa shape index (κ2) is 7.51. The van der Waals surface area contributed by atoms with Gasteiger partial charge in [-0.2, -0.15) is 5.06 Å². The number of carbonyl (C=O) groups is 2. The molecule has 2 fully saturated rings. The number of para-hydroxylation sites is 1. The van der Waals surface area contributed by atoms with Gasteiger partial charge in [0, 0.05) is 11.0 Å². The first-order valence-corrected chi connectivity index (χ1v) is 10.2. The Morgan fingerprint density at radius 2 is 1.74 bits per heavy atom. The van der Waals surface area contributed by atoms with Crippen molar-refractivity contribution in [3.05, 3.63) is 77.1 Å². The van der Waals surface area contributed by atoms with E-state index in [-0.39, 0.29) is 33.6 Å². The first-order valence-electron chi connectivity index (χ1n) is 10.2. The van der Waals surface area contributed by atoms with Gasteiger partial charge in [-0.1, -0.05) is 39.0 Å². The number of fused-ring (bicyclic) bond motifs is 2. The number of anilines is 2. The van der Waals surface area contributed by atoms with Crippen molar-refractivity contribution < 1.29 is 19.6 Å². The summed E-state index contributed by atoms with van der Waals surface area (Å²) >= 11 is 0. The first kappa shape index (κ1) is 21.1. The monoisotopic (exact) mass is 421 g/mol. The van der Waals surface area contributed by atoms with E-state index in [2.05, 4.69) is 13.8 Å². The maximum atomic E-state index is 13.2. The molecule has 0 radical (unpaired) electrons. The van der Waals surface area contributed by atoms with Gasteiger partial charge in [-0.15, -0.1) is 0 Å². The minimum absolute atomic E-state index is 0.00152. The normalized spacial score (nSPS) is 25.0. The van der Waals surface area contributed by atoms with Crippen LogP contribution >= 0.6 is 0 Å². The van der Waals surface area contributed by atoms with Crippen LogP contribution in [0.3, 0.4) is 0 Å². The Morgan fingerprint density at radius 3 is 2.29 bits per heavy atom. The number of hydrogen-bond donors (Lipinski definition) is 1. The fraction of sp³-hybridized carbons (Fsp3) is 0.333. The average molecular weight is 421 g/mol. The summed E-state index contributed by atoms with van der Waals surface area (Å²) in [5, 5.41) is 21.0. The topological polar surface area (TPSA) is 93.1 Å². The summed E-state index contributed by atoms with van der Waals surface area (Å²) in [6.07, 6.45) is 3.43. The zero-order valence-electron chi connectivity index (χ0n) is 17.7. The lowest BCUT2D eigenvalue weighted by molar-refractivity contribution is -0.125. The van der Waals surface area contributed by atoms with Gasteiger partial charge < -0.3 is 15.3 Å². The van der Waals surface area contributed by atoms with Crippen molar-refractivity contribution in [1.82, 2.24) is 0 Å². The zero-order valence-corrected chi connectivity index (χ0v) is 17.7. The van der Waals surface area contributed by atoms with Crippen molar-refractivity contribution in [2.24, 2.45) is 16.7 Å². The smallest absolute Gasteiger partial charge is 0.363 e. The van der Waals surface area contributed by atoms with Gasteiger partial charge in [0.05, 0.1) is 23.1 Å². The Kier molecular flexibility index (Phi) is 5.11. The molecule has 0 unspecified atom stereocenters. The van der Waals surface area contributed by atoms with Gasteiger partial charge >= 0.3 is 5.97 Å². The van der Waals surface area contributed by atoms with Crippen LogP contribution in [0.5, 0.6) is 0 Å². The predicted octanol–water partition coefficient (Wildman–Crippen LogP) is 4.87. The van der Waals surface area contributed by atoms with Crippen molar-refractivity contribution >= 4 is 23.1 Å². The molecule has 2 atom stereocenters. The average Bonchev–Trinajstić information content (AvgIpc) is 3.07. The number of carbonyl (C=O) groups excluding carboxylic acids is 2. The molecule has 0 aliphatic heterocycles. The lowest BCUT2D eigenvalue weighted by Gasteiger charge is -2.31. The summed E-state index contributed by atoms with van der Waals surface area (Å²) in [6, 6.07) is 14.5. The molecule has 162 valence electrons. The SMILES string of the molecule is CC1(C)[C@@H]2CC[C@@]1(C)C(=O)C2=CN(OC(=O)c1ccc(N([O-])O)cc1)c1ccccc1. The summed E-state index contributed by atoms with van der Waals surface area (Å²) in [6.45, 7) is 6.28. The Morgan fingerprint density at radius 1 is 1.10 bits per heavy atom. The van der Waals surface area contributed by atoms with E-state index in [4.69, 9.17) is 10.0 Å². The van der Waals surface area contributed by atoms with Crippen LogP contribution in [-0.2, 0) is 9.63 Å². The van der Waals surface area contributed by atoms with E-state index in [9.17, 15) is 14.8 Å². The van der Waals surface area contributed by atoms with E-state index in [1.807, 2.05) is 25.1 Å². The highest BCUT2D eigenvalue weighted by molar-refractivity contribution is 6.05. The van der Waals surface area contributed by atoms with Gasteiger partial charge in [-0.25, -0.2) is 4.79 Å². The highest BCUT2D eigenvalue weighted by Gasteiger charge is 2.64. The fourth-order valence-corrected chi connectivity index (χ4v) is 4.80. The summed E-state index contributed by atoms with van der Waals surface area (Å²) < 4.78 is 0. The van der Waals surface area contributed by atoms with Crippen LogP contribution in [0, 0.1) is 22.0 Å². The zero-order chi connectivity index (χ0) is 22.4. The largest absolute Gasteiger partial charge is 0.733 e. The van der Waals surface area contributed by atoms with Gasteiger partial charge in [0.1, 0.15) is 0 Å². The number of Topliss-reactive ketones (excluding diaryl/α,β-unsaturated/α-hetero) is 1. The standard InChI is InChI=1S/C24H25N2O5/c1-23(2)20-13-14-24(23,3)21(27)19(20)15-25(17-7-5-4-6-8-17)31-22(28)16-9-11-18(12-10-16)26(29)30/h4-12,15,20,29H,13-14H2,1-3H3/q-1/t20-,24+/m1/s1. The fourth-order valence-electron chi connectivity index (χ4n) is 4.80. The number of rotatable bonds is 5. The van der Waals surface area contributed by atoms with E-state index in [0.29, 0.717) is 11.3 Å². The molecule has 2 saturated carbocycles. The minimum Gasteiger partial charge on any atom is -0.733 e. The van der Waals surface area contributed by atoms with Crippen molar-refractivity contribution in [2.75, 3.05) is 10.3 Å². The summed E-state index contributed by atoms with van der Waals surface area (Å²) in [4.78, 5) is 31.7. The third kappa shape index (κ3) is 3.40. The van der Waals surface area contributed by atoms with Crippen LogP contribution in [0.4, 0.5) is 11.4 Å². The lowest BCUT2D eigenvalue weighted by Crippen LogP contribution is -2.32. The second-order valence-electron chi connectivity index (χ2n) is 8.92. The molecular formula is C24H25N2O5-. The summed E-state index contributed by atoms with van der Waals surface area (Å²) in [7, 11) is 0. The molecule has 2 aromatic carbocycles. The van der Waals surface area contributed by atoms with Crippen molar-refractivity contribution in [3.63, 3.8) is 0 Å². The first-order chi connectivity index (χ1) is 14.6. The van der Waals surface area contributed by atoms with Crippen molar-refractivity contribution in [1.29, 1.82) is 0 Å². The van der Waals surface area contributed by atoms with Gasteiger partial charge in [0.25, 0.3) is 0 Å². The Bertz CT molecular complexity index is 1030. The molecule has 0 spiro atoms. The molecule has 2 aliphatic rings. The number of allylic oxidation sites excluding steroid dienone is 1. The van der Waals surface area contributed by atoms with Crippen LogP contribution in [0.1, 0.15) is 44.0 Å². The predicted molar refractivity (Wildman–Crippen MR) is 116 cm³/mol. The van der Waals surface area contributed by atoms with Crippen LogP contribution in [-0.4, -0.2) is 17.0 Å². The molecule has 2 aliphatic carbocycles. The van der Waals surface area contributed by atoms with E-state index in [1.165, 1.54) is 29.3 Å². The van der Waals surface area contributed by atoms with Gasteiger partial charge in [-0.05, 0) is 60.6 Å². The molecule has 2 aromatic rings. The Balaban J connectivity index is 1.66. The van der Waals surface area contributed by atoms with Gasteiger partial charge in [0.2, 0.25) is 0 Å². The molecule has 0 aromatic heterocycles. The third-order valence-electron chi connectivity index (χ3n) is 7.14. The molecule has 2 bridgehead atoms. The third-order valence-corrected chi connectivity index (χ3v) is 7.14. The van der Waals surface area contributed by atoms with Crippen LogP contribution in [0.15, 0.2) is 66.4 Å². The Labute approximate surface area is 181 Å². The van der Waals surface area contributed by atoms with Crippen LogP contribution in [0.25, 0.3) is 0 Å². The van der Waals surface area contributed by atoms with Gasteiger partial charge in [-0.3, -0.25) is 10.0 Å². The van der Waals surface area contributed by atoms with Crippen LogP contribution in [0.2, 0.25) is 0 Å². The van der Waals surface area contributed by atoms with E-state index in [1.54, 1.807) is 18.3 Å². The number of ketones is 1. The van der Waals surface area contributed by atoms with Gasteiger partial charge in [0.15, 0.2) is 5.78 Å². The molecule has 31 heavy (non-hydrogen) atoms. The molecule has 1 N–H and O–H groups in total. The number of benzene rings is 2. The molecule has 7 heteroatoms. The highest BCUT2D eigenvalue weighted by atomic mass is 16.8. The minimum atomic E-state index is -0.649. The second-order valence-corrected chi connectivity index (χ2v) is 8.92. The van der Waals surface area contributed by atoms with E-state index < -0.39 is 11.4 Å². The van der Waals surface area contributed by atoms with Crippen LogP contribution < -0.4 is 10.3 Å². The molecule has 7 nitrogen and oxygen atoms in total. The molecule has 4 rings (SSSR count). The molecule has 0 saturated heterocycles. The van der Waals surface area contributed by atoms with E-state index >= 15 is 0 Å². The quantitative estimate of drug-likeness (QED) is 0.544. The number of hydroxylamine groups is 1. The Hall–Kier alpha value is -3.16. The maximum absolute atomic E-state index is 13.2. The van der Waals surface area contributed by atoms with Crippen molar-refractivity contribution in [3.8, 4) is 0 Å². The molecule has 0 heterocycles. The summed E-state index contributed by atoms with van der Waals surface area (Å²) in [5.74, 6) is -0.445. The number of hydrogen-bond acceptors (Lipinski definition) is 7. The van der Waals surface area contributed by atoms with E-state index in [0.717, 1.165) is 12.8 Å². The summed E-state index contributed by atoms with van der Waals surface area (Å²) in [5.41, 5.74) is 0.915. The number of nitrogens with zero attached hydrogens (tertiary/aromatic N) is 2. The molecular weight excluding hydrogens is 396 g/mol. The molecule has 0 amide bonds. The lowest BCUT2D eigenvalue weighted by atomic mass is 9.70. The van der Waals surface area contributed by atoms with Crippen molar-refractivity contribution in [2.45, 2.75) is 33.6 Å².